The van der Waals surface area contributed by atoms with Crippen molar-refractivity contribution in [2.75, 3.05) is 7.05 Å². The molecule has 0 saturated carbocycles. The molecular weight excluding hydrogens is 346 g/mol. The van der Waals surface area contributed by atoms with Crippen LogP contribution in [0.5, 0.6) is 0 Å². The van der Waals surface area contributed by atoms with E-state index in [2.05, 4.69) is 59.4 Å². The van der Waals surface area contributed by atoms with Crippen molar-refractivity contribution in [3.05, 3.63) is 68.1 Å². The zero-order valence-corrected chi connectivity index (χ0v) is 15.1. The second-order valence-electron chi connectivity index (χ2n) is 5.12. The maximum absolute atomic E-state index is 6.39. The van der Waals surface area contributed by atoms with Crippen LogP contribution in [-0.4, -0.2) is 7.05 Å². The molecule has 1 atom stereocenters. The van der Waals surface area contributed by atoms with Crippen molar-refractivity contribution < 1.29 is 0 Å². The molecule has 0 aliphatic carbocycles. The predicted molar refractivity (Wildman–Crippen MR) is 95.3 cm³/mol. The minimum atomic E-state index is 0.103. The van der Waals surface area contributed by atoms with Crippen LogP contribution in [0.1, 0.15) is 42.1 Å². The van der Waals surface area contributed by atoms with Crippen molar-refractivity contribution in [2.24, 2.45) is 0 Å². The van der Waals surface area contributed by atoms with Gasteiger partial charge < -0.3 is 5.32 Å². The van der Waals surface area contributed by atoms with Crippen LogP contribution in [0.3, 0.4) is 0 Å². The van der Waals surface area contributed by atoms with Gasteiger partial charge >= 0.3 is 0 Å². The van der Waals surface area contributed by atoms with E-state index in [1.54, 1.807) is 0 Å². The Bertz CT molecular complexity index is 625. The molecule has 0 amide bonds. The van der Waals surface area contributed by atoms with Crippen LogP contribution in [0.4, 0.5) is 0 Å². The molecular formula is C18H21BrClN. The van der Waals surface area contributed by atoms with Gasteiger partial charge in [0.2, 0.25) is 0 Å². The summed E-state index contributed by atoms with van der Waals surface area (Å²) in [6.45, 7) is 4.41. The Labute approximate surface area is 140 Å². The van der Waals surface area contributed by atoms with Gasteiger partial charge in [-0.3, -0.25) is 0 Å². The lowest BCUT2D eigenvalue weighted by Gasteiger charge is -2.20. The molecule has 2 aromatic rings. The van der Waals surface area contributed by atoms with Gasteiger partial charge in [0.15, 0.2) is 0 Å². The van der Waals surface area contributed by atoms with Crippen LogP contribution in [0, 0.1) is 0 Å². The van der Waals surface area contributed by atoms with E-state index in [9.17, 15) is 0 Å². The number of benzene rings is 2. The summed E-state index contributed by atoms with van der Waals surface area (Å²) in [5.74, 6) is 0. The molecule has 112 valence electrons. The molecule has 0 spiro atoms. The minimum Gasteiger partial charge on any atom is -0.309 e. The summed E-state index contributed by atoms with van der Waals surface area (Å²) in [6.07, 6.45) is 2.13. The van der Waals surface area contributed by atoms with E-state index in [-0.39, 0.29) is 6.04 Å². The van der Waals surface area contributed by atoms with Crippen molar-refractivity contribution in [3.63, 3.8) is 0 Å². The zero-order chi connectivity index (χ0) is 15.4. The number of halogens is 2. The van der Waals surface area contributed by atoms with Crippen molar-refractivity contribution in [3.8, 4) is 0 Å². The molecule has 21 heavy (non-hydrogen) atoms. The molecule has 0 saturated heterocycles. The third-order valence-corrected chi connectivity index (χ3v) is 4.72. The second-order valence-corrected chi connectivity index (χ2v) is 6.45. The summed E-state index contributed by atoms with van der Waals surface area (Å²) < 4.78 is 1.04. The molecule has 1 nitrogen and oxygen atoms in total. The first-order valence-corrected chi connectivity index (χ1v) is 8.51. The third kappa shape index (κ3) is 3.68. The van der Waals surface area contributed by atoms with Gasteiger partial charge in [-0.15, -0.1) is 0 Å². The predicted octanol–water partition coefficient (Wildman–Crippen LogP) is 5.54. The van der Waals surface area contributed by atoms with Crippen molar-refractivity contribution in [1.29, 1.82) is 0 Å². The Hall–Kier alpha value is -0.830. The standard InChI is InChI=1S/C18H21BrClN/c1-4-12-6-7-14(10-13(12)5-2)18(21-3)16-11-15(19)8-9-17(16)20/h6-11,18,21H,4-5H2,1-3H3. The monoisotopic (exact) mass is 365 g/mol. The molecule has 1 N–H and O–H groups in total. The SMILES string of the molecule is CCc1ccc(C(NC)c2cc(Br)ccc2Cl)cc1CC. The van der Waals surface area contributed by atoms with Crippen LogP contribution in [0.15, 0.2) is 40.9 Å². The van der Waals surface area contributed by atoms with Gasteiger partial charge in [-0.1, -0.05) is 59.6 Å². The summed E-state index contributed by atoms with van der Waals surface area (Å²) in [5.41, 5.74) is 5.20. The minimum absolute atomic E-state index is 0.103. The first kappa shape index (κ1) is 16.5. The molecule has 3 heteroatoms. The van der Waals surface area contributed by atoms with Gasteiger partial charge in [-0.2, -0.15) is 0 Å². The molecule has 0 aromatic heterocycles. The lowest BCUT2D eigenvalue weighted by molar-refractivity contribution is 0.690. The van der Waals surface area contributed by atoms with Crippen molar-refractivity contribution in [2.45, 2.75) is 32.7 Å². The van der Waals surface area contributed by atoms with Crippen LogP contribution in [-0.2, 0) is 12.8 Å². The van der Waals surface area contributed by atoms with Crippen molar-refractivity contribution >= 4 is 27.5 Å². The van der Waals surface area contributed by atoms with E-state index in [0.29, 0.717) is 0 Å². The largest absolute Gasteiger partial charge is 0.309 e. The smallest absolute Gasteiger partial charge is 0.0589 e. The first-order chi connectivity index (χ1) is 10.1. The van der Waals surface area contributed by atoms with Crippen LogP contribution >= 0.6 is 27.5 Å². The molecule has 2 aromatic carbocycles. The van der Waals surface area contributed by atoms with Crippen LogP contribution in [0.25, 0.3) is 0 Å². The normalized spacial score (nSPS) is 12.4. The highest BCUT2D eigenvalue weighted by molar-refractivity contribution is 9.10. The summed E-state index contributed by atoms with van der Waals surface area (Å²) in [5, 5.41) is 4.17. The number of aryl methyl sites for hydroxylation is 2. The number of hydrogen-bond donors (Lipinski definition) is 1. The van der Waals surface area contributed by atoms with Crippen molar-refractivity contribution in [1.82, 2.24) is 5.32 Å². The highest BCUT2D eigenvalue weighted by atomic mass is 79.9. The Balaban J connectivity index is 2.48. The van der Waals surface area contributed by atoms with Crippen LogP contribution < -0.4 is 5.32 Å². The molecule has 1 unspecified atom stereocenters. The average Bonchev–Trinajstić information content (AvgIpc) is 2.51. The zero-order valence-electron chi connectivity index (χ0n) is 12.7. The summed E-state index contributed by atoms with van der Waals surface area (Å²) >= 11 is 9.92. The topological polar surface area (TPSA) is 12.0 Å². The van der Waals surface area contributed by atoms with E-state index in [1.165, 1.54) is 16.7 Å². The summed E-state index contributed by atoms with van der Waals surface area (Å²) in [6, 6.07) is 12.8. The van der Waals surface area contributed by atoms with E-state index in [0.717, 1.165) is 27.9 Å². The van der Waals surface area contributed by atoms with E-state index >= 15 is 0 Å². The Morgan fingerprint density at radius 3 is 2.38 bits per heavy atom. The maximum Gasteiger partial charge on any atom is 0.0589 e. The second kappa shape index (κ2) is 7.44. The molecule has 0 aliphatic heterocycles. The molecule has 0 radical (unpaired) electrons. The number of hydrogen-bond acceptors (Lipinski definition) is 1. The van der Waals surface area contributed by atoms with Gasteiger partial charge in [0.05, 0.1) is 6.04 Å². The number of nitrogens with one attached hydrogen (secondary N) is 1. The molecule has 0 fully saturated rings. The Morgan fingerprint density at radius 2 is 1.76 bits per heavy atom. The Morgan fingerprint density at radius 1 is 1.05 bits per heavy atom. The highest BCUT2D eigenvalue weighted by Crippen LogP contribution is 2.31. The fraction of sp³-hybridized carbons (Fsp3) is 0.333. The third-order valence-electron chi connectivity index (χ3n) is 3.88. The average molecular weight is 367 g/mol. The van der Waals surface area contributed by atoms with Gasteiger partial charge in [-0.05, 0) is 60.3 Å². The van der Waals surface area contributed by atoms with Crippen LogP contribution in [0.2, 0.25) is 5.02 Å². The highest BCUT2D eigenvalue weighted by Gasteiger charge is 2.16. The van der Waals surface area contributed by atoms with Gasteiger partial charge in [0.25, 0.3) is 0 Å². The molecule has 0 heterocycles. The number of rotatable bonds is 5. The molecule has 2 rings (SSSR count). The molecule has 0 aliphatic rings. The van der Waals surface area contributed by atoms with Gasteiger partial charge in [-0.25, -0.2) is 0 Å². The van der Waals surface area contributed by atoms with Gasteiger partial charge in [0.1, 0.15) is 0 Å². The van der Waals surface area contributed by atoms with E-state index in [1.807, 2.05) is 19.2 Å². The first-order valence-electron chi connectivity index (χ1n) is 7.34. The van der Waals surface area contributed by atoms with Gasteiger partial charge in [0, 0.05) is 9.50 Å². The quantitative estimate of drug-likeness (QED) is 0.733. The summed E-state index contributed by atoms with van der Waals surface area (Å²) in [7, 11) is 1.97. The van der Waals surface area contributed by atoms with E-state index < -0.39 is 0 Å². The lowest BCUT2D eigenvalue weighted by Crippen LogP contribution is -2.18. The Kier molecular flexibility index (Phi) is 5.86. The lowest BCUT2D eigenvalue weighted by atomic mass is 9.93. The van der Waals surface area contributed by atoms with E-state index in [4.69, 9.17) is 11.6 Å². The summed E-state index contributed by atoms with van der Waals surface area (Å²) in [4.78, 5) is 0. The maximum atomic E-state index is 6.39. The fourth-order valence-corrected chi connectivity index (χ4v) is 3.34. The molecule has 0 bridgehead atoms. The fourth-order valence-electron chi connectivity index (χ4n) is 2.74.